The molecule has 92 valence electrons. The van der Waals surface area contributed by atoms with E-state index in [-0.39, 0.29) is 6.61 Å². The molecule has 4 heteroatoms. The topological polar surface area (TPSA) is 61.5 Å². The average molecular weight is 243 g/mol. The van der Waals surface area contributed by atoms with Crippen LogP contribution >= 0.6 is 0 Å². The third-order valence-electron chi connectivity index (χ3n) is 2.28. The Kier molecular flexibility index (Phi) is 3.81. The third kappa shape index (κ3) is 3.52. The molecule has 0 fully saturated rings. The van der Waals surface area contributed by atoms with Gasteiger partial charge in [-0.25, -0.2) is 4.79 Å². The van der Waals surface area contributed by atoms with Crippen LogP contribution in [0.5, 0.6) is 5.75 Å². The Hall–Kier alpha value is -2.49. The molecule has 0 radical (unpaired) electrons. The summed E-state index contributed by atoms with van der Waals surface area (Å²) < 4.78 is 9.94. The maximum Gasteiger partial charge on any atom is 0.514 e. The van der Waals surface area contributed by atoms with Gasteiger partial charge in [0, 0.05) is 5.69 Å². The Morgan fingerprint density at radius 1 is 1.00 bits per heavy atom. The van der Waals surface area contributed by atoms with E-state index in [1.165, 1.54) is 0 Å². The molecule has 18 heavy (non-hydrogen) atoms. The molecule has 0 aliphatic rings. The van der Waals surface area contributed by atoms with Crippen molar-refractivity contribution in [3.63, 3.8) is 0 Å². The predicted molar refractivity (Wildman–Crippen MR) is 68.1 cm³/mol. The van der Waals surface area contributed by atoms with Crippen molar-refractivity contribution in [1.82, 2.24) is 0 Å². The zero-order valence-corrected chi connectivity index (χ0v) is 9.71. The zero-order valence-electron chi connectivity index (χ0n) is 9.71. The number of anilines is 1. The van der Waals surface area contributed by atoms with E-state index in [1.54, 1.807) is 24.3 Å². The fourth-order valence-electron chi connectivity index (χ4n) is 1.38. The van der Waals surface area contributed by atoms with Gasteiger partial charge in [-0.2, -0.15) is 0 Å². The lowest BCUT2D eigenvalue weighted by molar-refractivity contribution is 0.0928. The average Bonchev–Trinajstić information content (AvgIpc) is 2.40. The minimum absolute atomic E-state index is 0.189. The lowest BCUT2D eigenvalue weighted by Crippen LogP contribution is -2.10. The van der Waals surface area contributed by atoms with Crippen molar-refractivity contribution in [3.8, 4) is 5.75 Å². The summed E-state index contributed by atoms with van der Waals surface area (Å²) in [4.78, 5) is 11.4. The molecule has 0 atom stereocenters. The molecule has 2 N–H and O–H groups in total. The number of carbonyl (C=O) groups excluding carboxylic acids is 1. The second-order valence-electron chi connectivity index (χ2n) is 3.70. The van der Waals surface area contributed by atoms with E-state index in [0.717, 1.165) is 5.56 Å². The Morgan fingerprint density at radius 2 is 1.67 bits per heavy atom. The summed E-state index contributed by atoms with van der Waals surface area (Å²) in [5.41, 5.74) is 7.04. The summed E-state index contributed by atoms with van der Waals surface area (Å²) >= 11 is 0. The summed E-state index contributed by atoms with van der Waals surface area (Å²) in [5.74, 6) is 0.405. The highest BCUT2D eigenvalue weighted by atomic mass is 16.7. The summed E-state index contributed by atoms with van der Waals surface area (Å²) in [7, 11) is 0. The van der Waals surface area contributed by atoms with Gasteiger partial charge in [-0.15, -0.1) is 0 Å². The number of nitrogen functional groups attached to an aromatic ring is 1. The highest BCUT2D eigenvalue weighted by molar-refractivity contribution is 5.64. The molecule has 0 aliphatic heterocycles. The molecule has 0 bridgehead atoms. The van der Waals surface area contributed by atoms with E-state index in [0.29, 0.717) is 11.4 Å². The van der Waals surface area contributed by atoms with E-state index in [9.17, 15) is 4.79 Å². The van der Waals surface area contributed by atoms with Gasteiger partial charge in [-0.05, 0) is 29.8 Å². The summed E-state index contributed by atoms with van der Waals surface area (Å²) in [5, 5.41) is 0. The van der Waals surface area contributed by atoms with Crippen molar-refractivity contribution >= 4 is 11.8 Å². The molecule has 4 nitrogen and oxygen atoms in total. The monoisotopic (exact) mass is 243 g/mol. The summed E-state index contributed by atoms with van der Waals surface area (Å²) in [6, 6.07) is 15.9. The van der Waals surface area contributed by atoms with Gasteiger partial charge in [-0.1, -0.05) is 30.3 Å². The number of ether oxygens (including phenoxy) is 2. The first-order chi connectivity index (χ1) is 8.74. The van der Waals surface area contributed by atoms with Crippen LogP contribution in [0.2, 0.25) is 0 Å². The first kappa shape index (κ1) is 12.0. The first-order valence-electron chi connectivity index (χ1n) is 5.48. The molecule has 0 saturated heterocycles. The van der Waals surface area contributed by atoms with Crippen LogP contribution in [-0.4, -0.2) is 6.16 Å². The van der Waals surface area contributed by atoms with Crippen LogP contribution in [0, 0.1) is 0 Å². The number of rotatable bonds is 3. The van der Waals surface area contributed by atoms with E-state index >= 15 is 0 Å². The number of hydrogen-bond donors (Lipinski definition) is 1. The largest absolute Gasteiger partial charge is 0.514 e. The highest BCUT2D eigenvalue weighted by Crippen LogP contribution is 2.14. The molecule has 0 saturated carbocycles. The molecule has 0 amide bonds. The molecule has 0 unspecified atom stereocenters. The van der Waals surface area contributed by atoms with Gasteiger partial charge in [0.1, 0.15) is 12.4 Å². The van der Waals surface area contributed by atoms with Crippen LogP contribution in [0.15, 0.2) is 54.6 Å². The van der Waals surface area contributed by atoms with Crippen molar-refractivity contribution in [2.45, 2.75) is 6.61 Å². The lowest BCUT2D eigenvalue weighted by atomic mass is 10.2. The normalized spacial score (nSPS) is 9.78. The third-order valence-corrected chi connectivity index (χ3v) is 2.28. The smallest absolute Gasteiger partial charge is 0.429 e. The molecule has 0 heterocycles. The molecule has 0 spiro atoms. The van der Waals surface area contributed by atoms with Crippen molar-refractivity contribution < 1.29 is 14.3 Å². The van der Waals surface area contributed by atoms with Gasteiger partial charge in [-0.3, -0.25) is 0 Å². The maximum atomic E-state index is 11.4. The number of carbonyl (C=O) groups is 1. The van der Waals surface area contributed by atoms with Crippen LogP contribution in [-0.2, 0) is 11.3 Å². The molecule has 2 rings (SSSR count). The Labute approximate surface area is 105 Å². The standard InChI is InChI=1S/C14H13NO3/c15-12-6-8-13(9-7-12)18-14(16)17-10-11-4-2-1-3-5-11/h1-9H,10,15H2. The van der Waals surface area contributed by atoms with Crippen LogP contribution in [0.3, 0.4) is 0 Å². The van der Waals surface area contributed by atoms with Crippen LogP contribution in [0.4, 0.5) is 10.5 Å². The number of hydrogen-bond acceptors (Lipinski definition) is 4. The van der Waals surface area contributed by atoms with Gasteiger partial charge in [0.05, 0.1) is 0 Å². The van der Waals surface area contributed by atoms with Gasteiger partial charge in [0.15, 0.2) is 0 Å². The van der Waals surface area contributed by atoms with E-state index in [4.69, 9.17) is 15.2 Å². The second kappa shape index (κ2) is 5.72. The maximum absolute atomic E-state index is 11.4. The van der Waals surface area contributed by atoms with Crippen molar-refractivity contribution in [2.75, 3.05) is 5.73 Å². The summed E-state index contributed by atoms with van der Waals surface area (Å²) in [6.07, 6.45) is -0.733. The number of nitrogens with two attached hydrogens (primary N) is 1. The second-order valence-corrected chi connectivity index (χ2v) is 3.70. The van der Waals surface area contributed by atoms with Crippen LogP contribution < -0.4 is 10.5 Å². The van der Waals surface area contributed by atoms with Gasteiger partial charge >= 0.3 is 6.16 Å². The van der Waals surface area contributed by atoms with E-state index in [2.05, 4.69) is 0 Å². The van der Waals surface area contributed by atoms with Gasteiger partial charge < -0.3 is 15.2 Å². The molecule has 0 aliphatic carbocycles. The zero-order chi connectivity index (χ0) is 12.8. The first-order valence-corrected chi connectivity index (χ1v) is 5.48. The van der Waals surface area contributed by atoms with E-state index < -0.39 is 6.16 Å². The van der Waals surface area contributed by atoms with Gasteiger partial charge in [0.25, 0.3) is 0 Å². The highest BCUT2D eigenvalue weighted by Gasteiger charge is 2.05. The fraction of sp³-hybridized carbons (Fsp3) is 0.0714. The molecule has 2 aromatic carbocycles. The minimum atomic E-state index is -0.733. The van der Waals surface area contributed by atoms with Crippen molar-refractivity contribution in [3.05, 3.63) is 60.2 Å². The van der Waals surface area contributed by atoms with Gasteiger partial charge in [0.2, 0.25) is 0 Å². The molecule has 2 aromatic rings. The molecular formula is C14H13NO3. The van der Waals surface area contributed by atoms with Crippen LogP contribution in [0.1, 0.15) is 5.56 Å². The Morgan fingerprint density at radius 3 is 2.33 bits per heavy atom. The van der Waals surface area contributed by atoms with Crippen LogP contribution in [0.25, 0.3) is 0 Å². The minimum Gasteiger partial charge on any atom is -0.429 e. The van der Waals surface area contributed by atoms with E-state index in [1.807, 2.05) is 30.3 Å². The number of benzene rings is 2. The molecule has 0 aromatic heterocycles. The molecular weight excluding hydrogens is 230 g/mol. The quantitative estimate of drug-likeness (QED) is 0.511. The van der Waals surface area contributed by atoms with Crippen molar-refractivity contribution in [1.29, 1.82) is 0 Å². The fourth-order valence-corrected chi connectivity index (χ4v) is 1.38. The Bertz CT molecular complexity index is 508. The Balaban J connectivity index is 1.84. The van der Waals surface area contributed by atoms with Crippen molar-refractivity contribution in [2.24, 2.45) is 0 Å². The lowest BCUT2D eigenvalue weighted by Gasteiger charge is -2.06. The summed E-state index contributed by atoms with van der Waals surface area (Å²) in [6.45, 7) is 0.189. The SMILES string of the molecule is Nc1ccc(OC(=O)OCc2ccccc2)cc1. The predicted octanol–water partition coefficient (Wildman–Crippen LogP) is 2.98.